The van der Waals surface area contributed by atoms with Gasteiger partial charge in [-0.25, -0.2) is 5.48 Å². The number of carbonyl (C=O) groups is 2. The summed E-state index contributed by atoms with van der Waals surface area (Å²) in [6.07, 6.45) is 1.60. The minimum atomic E-state index is -0.379. The second kappa shape index (κ2) is 5.59. The van der Waals surface area contributed by atoms with E-state index in [0.29, 0.717) is 12.0 Å². The van der Waals surface area contributed by atoms with Crippen molar-refractivity contribution in [2.75, 3.05) is 7.11 Å². The van der Waals surface area contributed by atoms with Gasteiger partial charge < -0.3 is 4.79 Å². The average molecular weight is 235 g/mol. The molecule has 0 heterocycles. The van der Waals surface area contributed by atoms with E-state index in [9.17, 15) is 9.59 Å². The Morgan fingerprint density at radius 2 is 1.94 bits per heavy atom. The molecular formula is C13H17NO3. The van der Waals surface area contributed by atoms with Crippen molar-refractivity contribution in [1.82, 2.24) is 5.48 Å². The normalized spacial score (nSPS) is 11.0. The number of aldehydes is 1. The number of hydrogen-bond donors (Lipinski definition) is 1. The van der Waals surface area contributed by atoms with E-state index in [2.05, 4.69) is 10.3 Å². The lowest BCUT2D eigenvalue weighted by Crippen LogP contribution is -2.21. The van der Waals surface area contributed by atoms with Gasteiger partial charge in [-0.1, -0.05) is 26.0 Å². The van der Waals surface area contributed by atoms with Crippen LogP contribution in [0.5, 0.6) is 0 Å². The van der Waals surface area contributed by atoms with E-state index in [4.69, 9.17) is 0 Å². The van der Waals surface area contributed by atoms with E-state index in [1.165, 1.54) is 7.11 Å². The zero-order chi connectivity index (χ0) is 12.9. The molecule has 0 aliphatic rings. The van der Waals surface area contributed by atoms with Gasteiger partial charge in [0.2, 0.25) is 0 Å². The molecule has 1 rings (SSSR count). The molecule has 4 heteroatoms. The first-order chi connectivity index (χ1) is 7.98. The highest BCUT2D eigenvalue weighted by Crippen LogP contribution is 2.19. The maximum Gasteiger partial charge on any atom is 0.274 e. The SMILES string of the molecule is CONC(=O)c1ccc(CC(C)(C)C=O)cc1. The number of hydroxylamine groups is 1. The quantitative estimate of drug-likeness (QED) is 0.624. The summed E-state index contributed by atoms with van der Waals surface area (Å²) in [4.78, 5) is 26.8. The Hall–Kier alpha value is -1.68. The Bertz CT molecular complexity index is 396. The van der Waals surface area contributed by atoms with Crippen molar-refractivity contribution in [2.45, 2.75) is 20.3 Å². The molecule has 0 radical (unpaired) electrons. The molecule has 4 nitrogen and oxygen atoms in total. The number of benzene rings is 1. The van der Waals surface area contributed by atoms with E-state index in [0.717, 1.165) is 11.8 Å². The number of carbonyl (C=O) groups excluding carboxylic acids is 2. The maximum atomic E-state index is 11.4. The van der Waals surface area contributed by atoms with Gasteiger partial charge in [0.05, 0.1) is 7.11 Å². The fourth-order valence-electron chi connectivity index (χ4n) is 1.49. The first-order valence-corrected chi connectivity index (χ1v) is 5.37. The molecule has 0 atom stereocenters. The van der Waals surface area contributed by atoms with Crippen LogP contribution in [0.1, 0.15) is 29.8 Å². The van der Waals surface area contributed by atoms with Crippen LogP contribution in [0.2, 0.25) is 0 Å². The van der Waals surface area contributed by atoms with Crippen LogP contribution in [0, 0.1) is 5.41 Å². The first-order valence-electron chi connectivity index (χ1n) is 5.37. The minimum absolute atomic E-state index is 0.284. The van der Waals surface area contributed by atoms with Gasteiger partial charge in [0.1, 0.15) is 6.29 Å². The van der Waals surface area contributed by atoms with Crippen LogP contribution in [0.25, 0.3) is 0 Å². The fraction of sp³-hybridized carbons (Fsp3) is 0.385. The van der Waals surface area contributed by atoms with Gasteiger partial charge in [0, 0.05) is 11.0 Å². The maximum absolute atomic E-state index is 11.4. The molecule has 0 unspecified atom stereocenters. The Morgan fingerprint density at radius 1 is 1.35 bits per heavy atom. The van der Waals surface area contributed by atoms with Gasteiger partial charge in [-0.15, -0.1) is 0 Å². The van der Waals surface area contributed by atoms with Crippen molar-refractivity contribution in [3.8, 4) is 0 Å². The van der Waals surface area contributed by atoms with Gasteiger partial charge in [-0.2, -0.15) is 0 Å². The third-order valence-electron chi connectivity index (χ3n) is 2.39. The summed E-state index contributed by atoms with van der Waals surface area (Å²) >= 11 is 0. The molecule has 0 aliphatic heterocycles. The lowest BCUT2D eigenvalue weighted by atomic mass is 9.87. The smallest absolute Gasteiger partial charge is 0.274 e. The summed E-state index contributed by atoms with van der Waals surface area (Å²) in [5.41, 5.74) is 3.42. The number of hydrogen-bond acceptors (Lipinski definition) is 3. The van der Waals surface area contributed by atoms with E-state index in [-0.39, 0.29) is 11.3 Å². The molecule has 1 aromatic carbocycles. The zero-order valence-corrected chi connectivity index (χ0v) is 10.3. The van der Waals surface area contributed by atoms with E-state index >= 15 is 0 Å². The molecule has 0 saturated carbocycles. The van der Waals surface area contributed by atoms with Crippen LogP contribution in [-0.4, -0.2) is 19.3 Å². The highest BCUT2D eigenvalue weighted by molar-refractivity contribution is 5.93. The van der Waals surface area contributed by atoms with Crippen LogP contribution >= 0.6 is 0 Å². The summed E-state index contributed by atoms with van der Waals surface area (Å²) in [5.74, 6) is -0.284. The van der Waals surface area contributed by atoms with Crippen molar-refractivity contribution < 1.29 is 14.4 Å². The van der Waals surface area contributed by atoms with Crippen LogP contribution in [0.15, 0.2) is 24.3 Å². The molecule has 17 heavy (non-hydrogen) atoms. The molecule has 0 fully saturated rings. The van der Waals surface area contributed by atoms with E-state index in [1.54, 1.807) is 12.1 Å². The van der Waals surface area contributed by atoms with E-state index in [1.807, 2.05) is 26.0 Å². The minimum Gasteiger partial charge on any atom is -0.303 e. The summed E-state index contributed by atoms with van der Waals surface area (Å²) in [7, 11) is 1.39. The summed E-state index contributed by atoms with van der Waals surface area (Å²) in [6, 6.07) is 7.11. The lowest BCUT2D eigenvalue weighted by molar-refractivity contribution is -0.114. The Labute approximate surface area is 101 Å². The predicted molar refractivity (Wildman–Crippen MR) is 64.5 cm³/mol. The zero-order valence-electron chi connectivity index (χ0n) is 10.3. The van der Waals surface area contributed by atoms with Gasteiger partial charge in [0.25, 0.3) is 5.91 Å². The monoisotopic (exact) mass is 235 g/mol. The number of rotatable bonds is 5. The average Bonchev–Trinajstić information content (AvgIpc) is 2.30. The van der Waals surface area contributed by atoms with Crippen molar-refractivity contribution in [3.05, 3.63) is 35.4 Å². The highest BCUT2D eigenvalue weighted by atomic mass is 16.6. The topological polar surface area (TPSA) is 55.4 Å². The first kappa shape index (κ1) is 13.4. The molecule has 1 N–H and O–H groups in total. The molecule has 0 aromatic heterocycles. The van der Waals surface area contributed by atoms with Gasteiger partial charge in [-0.3, -0.25) is 9.63 Å². The van der Waals surface area contributed by atoms with Crippen molar-refractivity contribution in [2.24, 2.45) is 5.41 Å². The van der Waals surface area contributed by atoms with Crippen LogP contribution in [0.4, 0.5) is 0 Å². The van der Waals surface area contributed by atoms with Gasteiger partial charge >= 0.3 is 0 Å². The third kappa shape index (κ3) is 4.00. The lowest BCUT2D eigenvalue weighted by Gasteiger charge is -2.16. The van der Waals surface area contributed by atoms with Crippen molar-refractivity contribution >= 4 is 12.2 Å². The summed E-state index contributed by atoms with van der Waals surface area (Å²) in [5, 5.41) is 0. The molecule has 92 valence electrons. The third-order valence-corrected chi connectivity index (χ3v) is 2.39. The number of nitrogens with one attached hydrogen (secondary N) is 1. The van der Waals surface area contributed by atoms with Gasteiger partial charge in [-0.05, 0) is 24.1 Å². The molecule has 1 amide bonds. The second-order valence-corrected chi connectivity index (χ2v) is 4.62. The van der Waals surface area contributed by atoms with E-state index < -0.39 is 0 Å². The molecular weight excluding hydrogens is 218 g/mol. The molecule has 0 bridgehead atoms. The summed E-state index contributed by atoms with van der Waals surface area (Å²) < 4.78 is 0. The Kier molecular flexibility index (Phi) is 4.40. The van der Waals surface area contributed by atoms with Crippen LogP contribution in [-0.2, 0) is 16.1 Å². The largest absolute Gasteiger partial charge is 0.303 e. The fourth-order valence-corrected chi connectivity index (χ4v) is 1.49. The van der Waals surface area contributed by atoms with Crippen molar-refractivity contribution in [3.63, 3.8) is 0 Å². The standard InChI is InChI=1S/C13H17NO3/c1-13(2,9-15)8-10-4-6-11(7-5-10)12(16)14-17-3/h4-7,9H,8H2,1-3H3,(H,14,16). The molecule has 0 spiro atoms. The molecule has 0 saturated heterocycles. The highest BCUT2D eigenvalue weighted by Gasteiger charge is 2.17. The van der Waals surface area contributed by atoms with Crippen molar-refractivity contribution in [1.29, 1.82) is 0 Å². The second-order valence-electron chi connectivity index (χ2n) is 4.62. The Balaban J connectivity index is 2.75. The van der Waals surface area contributed by atoms with Crippen LogP contribution < -0.4 is 5.48 Å². The Morgan fingerprint density at radius 3 is 2.41 bits per heavy atom. The van der Waals surface area contributed by atoms with Crippen LogP contribution in [0.3, 0.4) is 0 Å². The van der Waals surface area contributed by atoms with Gasteiger partial charge in [0.15, 0.2) is 0 Å². The molecule has 0 aliphatic carbocycles. The number of amides is 1. The summed E-state index contributed by atoms with van der Waals surface area (Å²) in [6.45, 7) is 3.76. The molecule has 1 aromatic rings. The predicted octanol–water partition coefficient (Wildman–Crippen LogP) is 1.75.